The van der Waals surface area contributed by atoms with E-state index in [-0.39, 0.29) is 5.43 Å². The molecule has 19 heavy (non-hydrogen) atoms. The maximum Gasteiger partial charge on any atom is 0.195 e. The molecule has 0 N–H and O–H groups in total. The summed E-state index contributed by atoms with van der Waals surface area (Å²) in [6, 6.07) is 14.2. The average Bonchev–Trinajstić information content (AvgIpc) is 2.46. The lowest BCUT2D eigenvalue weighted by Crippen LogP contribution is -2.01. The van der Waals surface area contributed by atoms with Gasteiger partial charge in [0.1, 0.15) is 0 Å². The minimum Gasteiger partial charge on any atom is -0.289 e. The fourth-order valence-electron chi connectivity index (χ4n) is 1.99. The lowest BCUT2D eigenvalue weighted by Gasteiger charge is -2.01. The Morgan fingerprint density at radius 2 is 1.53 bits per heavy atom. The van der Waals surface area contributed by atoms with Crippen molar-refractivity contribution in [2.75, 3.05) is 0 Å². The average molecular weight is 262 g/mol. The summed E-state index contributed by atoms with van der Waals surface area (Å²) in [4.78, 5) is 12.4. The first kappa shape index (κ1) is 11.4. The summed E-state index contributed by atoms with van der Waals surface area (Å²) in [5.74, 6) is 0. The lowest BCUT2D eigenvalue weighted by atomic mass is 10.1. The van der Waals surface area contributed by atoms with Crippen molar-refractivity contribution in [1.29, 1.82) is 10.5 Å². The third-order valence-corrected chi connectivity index (χ3v) is 4.06. The van der Waals surface area contributed by atoms with Gasteiger partial charge in [-0.2, -0.15) is 10.5 Å². The van der Waals surface area contributed by atoms with Crippen LogP contribution in [0.2, 0.25) is 0 Å². The molecular weight excluding hydrogens is 256 g/mol. The lowest BCUT2D eigenvalue weighted by molar-refractivity contribution is 1.49. The van der Waals surface area contributed by atoms with Gasteiger partial charge >= 0.3 is 0 Å². The van der Waals surface area contributed by atoms with E-state index >= 15 is 0 Å². The van der Waals surface area contributed by atoms with Crippen molar-refractivity contribution in [2.24, 2.45) is 0 Å². The summed E-state index contributed by atoms with van der Waals surface area (Å²) in [6.07, 6.45) is 0. The van der Waals surface area contributed by atoms with Gasteiger partial charge in [-0.05, 0) is 36.4 Å². The first-order valence-corrected chi connectivity index (χ1v) is 6.35. The van der Waals surface area contributed by atoms with Gasteiger partial charge in [0.05, 0.1) is 23.3 Å². The molecule has 4 heteroatoms. The molecule has 3 nitrogen and oxygen atoms in total. The van der Waals surface area contributed by atoms with Crippen LogP contribution in [0.1, 0.15) is 11.1 Å². The Morgan fingerprint density at radius 1 is 0.842 bits per heavy atom. The molecule has 0 aliphatic rings. The maximum absolute atomic E-state index is 12.4. The number of rotatable bonds is 0. The first-order chi connectivity index (χ1) is 9.22. The van der Waals surface area contributed by atoms with Crippen molar-refractivity contribution in [3.8, 4) is 12.1 Å². The van der Waals surface area contributed by atoms with Crippen LogP contribution in [-0.2, 0) is 0 Å². The molecule has 2 aromatic carbocycles. The van der Waals surface area contributed by atoms with Gasteiger partial charge in [0, 0.05) is 20.2 Å². The smallest absolute Gasteiger partial charge is 0.195 e. The molecule has 1 heterocycles. The van der Waals surface area contributed by atoms with E-state index in [0.29, 0.717) is 21.9 Å². The van der Waals surface area contributed by atoms with E-state index in [1.807, 2.05) is 6.07 Å². The van der Waals surface area contributed by atoms with Crippen LogP contribution in [0.25, 0.3) is 20.2 Å². The van der Waals surface area contributed by atoms with E-state index in [0.717, 1.165) is 9.40 Å². The minimum atomic E-state index is -0.0923. The number of nitriles is 2. The Morgan fingerprint density at radius 3 is 2.26 bits per heavy atom. The summed E-state index contributed by atoms with van der Waals surface area (Å²) < 4.78 is 1.62. The molecule has 0 fully saturated rings. The molecule has 0 spiro atoms. The van der Waals surface area contributed by atoms with E-state index in [2.05, 4.69) is 6.07 Å². The Kier molecular flexibility index (Phi) is 2.52. The number of benzene rings is 2. The fraction of sp³-hybridized carbons (Fsp3) is 0. The Hall–Kier alpha value is -2.69. The summed E-state index contributed by atoms with van der Waals surface area (Å²) in [7, 11) is 0. The van der Waals surface area contributed by atoms with Gasteiger partial charge < -0.3 is 0 Å². The molecular formula is C15H6N2OS. The predicted octanol–water partition coefficient (Wildman–Crippen LogP) is 3.16. The van der Waals surface area contributed by atoms with Gasteiger partial charge in [-0.3, -0.25) is 4.79 Å². The van der Waals surface area contributed by atoms with E-state index in [4.69, 9.17) is 10.5 Å². The van der Waals surface area contributed by atoms with Crippen LogP contribution in [0, 0.1) is 22.7 Å². The van der Waals surface area contributed by atoms with E-state index in [9.17, 15) is 4.79 Å². The van der Waals surface area contributed by atoms with Crippen LogP contribution in [-0.4, -0.2) is 0 Å². The summed E-state index contributed by atoms with van der Waals surface area (Å²) in [5.41, 5.74) is 0.922. The molecule has 0 saturated carbocycles. The highest BCUT2D eigenvalue weighted by Crippen LogP contribution is 2.25. The molecule has 0 amide bonds. The van der Waals surface area contributed by atoms with Crippen molar-refractivity contribution >= 4 is 31.5 Å². The third kappa shape index (κ3) is 1.76. The van der Waals surface area contributed by atoms with E-state index in [1.54, 1.807) is 36.4 Å². The van der Waals surface area contributed by atoms with Crippen LogP contribution >= 0.6 is 11.3 Å². The van der Waals surface area contributed by atoms with Gasteiger partial charge in [0.2, 0.25) is 0 Å². The number of fused-ring (bicyclic) bond motifs is 2. The Bertz CT molecular complexity index is 958. The Labute approximate surface area is 112 Å². The molecule has 0 aliphatic heterocycles. The SMILES string of the molecule is N#Cc1ccc2c(=O)c3cc(C#N)ccc3sc2c1. The normalized spacial score (nSPS) is 10.2. The van der Waals surface area contributed by atoms with Crippen LogP contribution in [0.15, 0.2) is 41.2 Å². The van der Waals surface area contributed by atoms with Crippen LogP contribution < -0.4 is 5.43 Å². The molecule has 3 rings (SSSR count). The molecule has 0 aliphatic carbocycles. The molecule has 0 unspecified atom stereocenters. The zero-order chi connectivity index (χ0) is 13.4. The molecule has 3 aromatic rings. The van der Waals surface area contributed by atoms with Gasteiger partial charge in [0.25, 0.3) is 0 Å². The molecule has 0 bridgehead atoms. The van der Waals surface area contributed by atoms with Crippen molar-refractivity contribution in [2.45, 2.75) is 0 Å². The summed E-state index contributed by atoms with van der Waals surface area (Å²) in [6.45, 7) is 0. The monoisotopic (exact) mass is 262 g/mol. The largest absolute Gasteiger partial charge is 0.289 e. The van der Waals surface area contributed by atoms with Crippen molar-refractivity contribution in [1.82, 2.24) is 0 Å². The molecule has 1 aromatic heterocycles. The summed E-state index contributed by atoms with van der Waals surface area (Å²) >= 11 is 1.45. The highest BCUT2D eigenvalue weighted by atomic mass is 32.1. The standard InChI is InChI=1S/C15H6N2OS/c16-7-9-2-4-13-12(5-9)15(18)11-3-1-10(8-17)6-14(11)19-13/h1-6H. The van der Waals surface area contributed by atoms with E-state index in [1.165, 1.54) is 11.3 Å². The van der Waals surface area contributed by atoms with Crippen molar-refractivity contribution < 1.29 is 0 Å². The second kappa shape index (κ2) is 4.20. The molecule has 88 valence electrons. The first-order valence-electron chi connectivity index (χ1n) is 5.54. The number of nitrogens with zero attached hydrogens (tertiary/aromatic N) is 2. The van der Waals surface area contributed by atoms with Crippen molar-refractivity contribution in [3.05, 3.63) is 57.7 Å². The minimum absolute atomic E-state index is 0.0923. The van der Waals surface area contributed by atoms with Gasteiger partial charge in [-0.15, -0.1) is 11.3 Å². The zero-order valence-electron chi connectivity index (χ0n) is 9.68. The third-order valence-electron chi connectivity index (χ3n) is 2.93. The van der Waals surface area contributed by atoms with Crippen LogP contribution in [0.4, 0.5) is 0 Å². The highest BCUT2D eigenvalue weighted by Gasteiger charge is 2.07. The topological polar surface area (TPSA) is 64.7 Å². The molecule has 0 radical (unpaired) electrons. The number of hydrogen-bond acceptors (Lipinski definition) is 4. The quantitative estimate of drug-likeness (QED) is 0.584. The molecule has 0 atom stereocenters. The van der Waals surface area contributed by atoms with Gasteiger partial charge in [-0.25, -0.2) is 0 Å². The fourth-order valence-corrected chi connectivity index (χ4v) is 3.08. The predicted molar refractivity (Wildman–Crippen MR) is 75.0 cm³/mol. The van der Waals surface area contributed by atoms with Crippen LogP contribution in [0.3, 0.4) is 0 Å². The van der Waals surface area contributed by atoms with Crippen LogP contribution in [0.5, 0.6) is 0 Å². The van der Waals surface area contributed by atoms with Gasteiger partial charge in [0.15, 0.2) is 5.43 Å². The van der Waals surface area contributed by atoms with Gasteiger partial charge in [-0.1, -0.05) is 0 Å². The van der Waals surface area contributed by atoms with E-state index < -0.39 is 0 Å². The second-order valence-corrected chi connectivity index (χ2v) is 5.16. The molecule has 0 saturated heterocycles. The Balaban J connectivity index is 2.50. The zero-order valence-corrected chi connectivity index (χ0v) is 10.5. The highest BCUT2D eigenvalue weighted by molar-refractivity contribution is 7.24. The summed E-state index contributed by atoms with van der Waals surface area (Å²) in [5, 5.41) is 18.9. The number of hydrogen-bond donors (Lipinski definition) is 0. The van der Waals surface area contributed by atoms with Crippen molar-refractivity contribution in [3.63, 3.8) is 0 Å². The second-order valence-electron chi connectivity index (χ2n) is 4.08. The maximum atomic E-state index is 12.4.